The quantitative estimate of drug-likeness (QED) is 0.779. The van der Waals surface area contributed by atoms with Crippen molar-refractivity contribution in [3.8, 4) is 0 Å². The van der Waals surface area contributed by atoms with Crippen molar-refractivity contribution in [1.29, 1.82) is 0 Å². The molecule has 0 heterocycles. The molecule has 0 radical (unpaired) electrons. The molecule has 84 valence electrons. The largest absolute Gasteiger partial charge is 0.418 e. The van der Waals surface area contributed by atoms with E-state index in [-0.39, 0.29) is 18.1 Å². The summed E-state index contributed by atoms with van der Waals surface area (Å²) in [6, 6.07) is 2.22. The van der Waals surface area contributed by atoms with Crippen LogP contribution in [0.1, 0.15) is 11.1 Å². The molecule has 0 atom stereocenters. The molecule has 0 aliphatic carbocycles. The van der Waals surface area contributed by atoms with Gasteiger partial charge in [0.1, 0.15) is 0 Å². The van der Waals surface area contributed by atoms with Crippen molar-refractivity contribution in [3.05, 3.63) is 28.3 Å². The monoisotopic (exact) mass is 239 g/mol. The number of anilines is 1. The SMILES string of the molecule is Nc1c(Cl)cc(CCO)cc1C(F)(F)F. The third-order valence-corrected chi connectivity index (χ3v) is 2.21. The molecule has 2 nitrogen and oxygen atoms in total. The van der Waals surface area contributed by atoms with Gasteiger partial charge in [-0.1, -0.05) is 11.6 Å². The highest BCUT2D eigenvalue weighted by Crippen LogP contribution is 2.37. The van der Waals surface area contributed by atoms with Crippen molar-refractivity contribution in [1.82, 2.24) is 0 Å². The number of hydrogen-bond donors (Lipinski definition) is 2. The van der Waals surface area contributed by atoms with Gasteiger partial charge in [0.05, 0.1) is 16.3 Å². The lowest BCUT2D eigenvalue weighted by Crippen LogP contribution is -2.10. The van der Waals surface area contributed by atoms with Crippen LogP contribution in [0.5, 0.6) is 0 Å². The number of aliphatic hydroxyl groups is 1. The van der Waals surface area contributed by atoms with E-state index in [2.05, 4.69) is 0 Å². The summed E-state index contributed by atoms with van der Waals surface area (Å²) in [5, 5.41) is 8.47. The molecular weight excluding hydrogens is 231 g/mol. The van der Waals surface area contributed by atoms with Crippen LogP contribution < -0.4 is 5.73 Å². The van der Waals surface area contributed by atoms with Crippen LogP contribution in [0, 0.1) is 0 Å². The number of nitrogen functional groups attached to an aromatic ring is 1. The Morgan fingerprint density at radius 1 is 1.33 bits per heavy atom. The van der Waals surface area contributed by atoms with Gasteiger partial charge in [0.15, 0.2) is 0 Å². The van der Waals surface area contributed by atoms with E-state index in [4.69, 9.17) is 22.4 Å². The van der Waals surface area contributed by atoms with Crippen LogP contribution >= 0.6 is 11.6 Å². The van der Waals surface area contributed by atoms with E-state index in [0.717, 1.165) is 6.07 Å². The second-order valence-corrected chi connectivity index (χ2v) is 3.42. The first kappa shape index (κ1) is 12.1. The number of hydrogen-bond acceptors (Lipinski definition) is 2. The third-order valence-electron chi connectivity index (χ3n) is 1.90. The van der Waals surface area contributed by atoms with E-state index in [1.165, 1.54) is 6.07 Å². The van der Waals surface area contributed by atoms with Gasteiger partial charge in [-0.2, -0.15) is 13.2 Å². The lowest BCUT2D eigenvalue weighted by Gasteiger charge is -2.13. The zero-order valence-corrected chi connectivity index (χ0v) is 8.36. The fourth-order valence-corrected chi connectivity index (χ4v) is 1.42. The van der Waals surface area contributed by atoms with Crippen molar-refractivity contribution >= 4 is 17.3 Å². The molecule has 6 heteroatoms. The maximum absolute atomic E-state index is 12.4. The molecule has 0 spiro atoms. The molecule has 0 saturated carbocycles. The zero-order valence-electron chi connectivity index (χ0n) is 7.61. The molecule has 3 N–H and O–H groups in total. The molecule has 0 bridgehead atoms. The standard InChI is InChI=1S/C9H9ClF3NO/c10-7-4-5(1-2-15)3-6(8(7)14)9(11,12)13/h3-4,15H,1-2,14H2. The first-order valence-corrected chi connectivity index (χ1v) is 4.50. The number of alkyl halides is 3. The van der Waals surface area contributed by atoms with Crippen LogP contribution in [0.3, 0.4) is 0 Å². The van der Waals surface area contributed by atoms with E-state index < -0.39 is 17.4 Å². The van der Waals surface area contributed by atoms with E-state index >= 15 is 0 Å². The van der Waals surface area contributed by atoms with Crippen molar-refractivity contribution in [2.24, 2.45) is 0 Å². The number of halogens is 4. The Kier molecular flexibility index (Phi) is 3.46. The Bertz CT molecular complexity index is 365. The van der Waals surface area contributed by atoms with E-state index in [9.17, 15) is 13.2 Å². The molecule has 0 saturated heterocycles. The molecule has 1 aromatic carbocycles. The summed E-state index contributed by atoms with van der Waals surface area (Å²) in [4.78, 5) is 0. The van der Waals surface area contributed by atoms with Crippen molar-refractivity contribution in [2.45, 2.75) is 12.6 Å². The van der Waals surface area contributed by atoms with Crippen molar-refractivity contribution < 1.29 is 18.3 Å². The van der Waals surface area contributed by atoms with Crippen LogP contribution in [-0.4, -0.2) is 11.7 Å². The highest BCUT2D eigenvalue weighted by atomic mass is 35.5. The average molecular weight is 240 g/mol. The Morgan fingerprint density at radius 3 is 2.40 bits per heavy atom. The maximum Gasteiger partial charge on any atom is 0.418 e. The van der Waals surface area contributed by atoms with E-state index in [1.54, 1.807) is 0 Å². The second kappa shape index (κ2) is 4.28. The summed E-state index contributed by atoms with van der Waals surface area (Å²) < 4.78 is 37.3. The minimum atomic E-state index is -4.53. The lowest BCUT2D eigenvalue weighted by atomic mass is 10.1. The predicted molar refractivity (Wildman–Crippen MR) is 51.7 cm³/mol. The molecule has 0 amide bonds. The van der Waals surface area contributed by atoms with Gasteiger partial charge in [0.2, 0.25) is 0 Å². The molecule has 0 fully saturated rings. The topological polar surface area (TPSA) is 46.2 Å². The minimum absolute atomic E-state index is 0.114. The fourth-order valence-electron chi connectivity index (χ4n) is 1.18. The van der Waals surface area contributed by atoms with E-state index in [0.29, 0.717) is 5.56 Å². The highest BCUT2D eigenvalue weighted by Gasteiger charge is 2.34. The molecule has 0 aliphatic rings. The molecule has 0 aromatic heterocycles. The van der Waals surface area contributed by atoms with Gasteiger partial charge in [0.25, 0.3) is 0 Å². The molecule has 0 aliphatic heterocycles. The Morgan fingerprint density at radius 2 is 1.93 bits per heavy atom. The molecule has 15 heavy (non-hydrogen) atoms. The van der Waals surface area contributed by atoms with Gasteiger partial charge in [-0.05, 0) is 24.1 Å². The number of rotatable bonds is 2. The Hall–Kier alpha value is -0.940. The summed E-state index contributed by atoms with van der Waals surface area (Å²) in [6.45, 7) is -0.239. The Balaban J connectivity index is 3.25. The lowest BCUT2D eigenvalue weighted by molar-refractivity contribution is -0.136. The average Bonchev–Trinajstić information content (AvgIpc) is 2.09. The summed E-state index contributed by atoms with van der Waals surface area (Å²) in [6.07, 6.45) is -4.41. The summed E-state index contributed by atoms with van der Waals surface area (Å²) in [7, 11) is 0. The Labute approximate surface area is 89.5 Å². The van der Waals surface area contributed by atoms with Gasteiger partial charge in [-0.3, -0.25) is 0 Å². The van der Waals surface area contributed by atoms with Crippen LogP contribution in [0.15, 0.2) is 12.1 Å². The molecule has 1 rings (SSSR count). The molecular formula is C9H9ClF3NO. The summed E-state index contributed by atoms with van der Waals surface area (Å²) in [5.74, 6) is 0. The predicted octanol–water partition coefficient (Wildman–Crippen LogP) is 2.48. The second-order valence-electron chi connectivity index (χ2n) is 3.01. The fraction of sp³-hybridized carbons (Fsp3) is 0.333. The van der Waals surface area contributed by atoms with Gasteiger partial charge < -0.3 is 10.8 Å². The van der Waals surface area contributed by atoms with Crippen LogP contribution in [-0.2, 0) is 12.6 Å². The molecule has 1 aromatic rings. The minimum Gasteiger partial charge on any atom is -0.397 e. The van der Waals surface area contributed by atoms with Crippen molar-refractivity contribution in [3.63, 3.8) is 0 Å². The normalized spacial score (nSPS) is 11.8. The number of aliphatic hydroxyl groups excluding tert-OH is 1. The summed E-state index contributed by atoms with van der Waals surface area (Å²) >= 11 is 5.55. The highest BCUT2D eigenvalue weighted by molar-refractivity contribution is 6.33. The third kappa shape index (κ3) is 2.76. The number of benzene rings is 1. The van der Waals surface area contributed by atoms with Crippen LogP contribution in [0.2, 0.25) is 5.02 Å². The summed E-state index contributed by atoms with van der Waals surface area (Å²) in [5.41, 5.74) is 4.09. The van der Waals surface area contributed by atoms with Gasteiger partial charge in [0, 0.05) is 6.61 Å². The van der Waals surface area contributed by atoms with Crippen LogP contribution in [0.25, 0.3) is 0 Å². The number of nitrogens with two attached hydrogens (primary N) is 1. The smallest absolute Gasteiger partial charge is 0.397 e. The van der Waals surface area contributed by atoms with Crippen molar-refractivity contribution in [2.75, 3.05) is 12.3 Å². The van der Waals surface area contributed by atoms with E-state index in [1.807, 2.05) is 0 Å². The molecule has 0 unspecified atom stereocenters. The van der Waals surface area contributed by atoms with Gasteiger partial charge in [-0.25, -0.2) is 0 Å². The van der Waals surface area contributed by atoms with Gasteiger partial charge in [-0.15, -0.1) is 0 Å². The first-order valence-electron chi connectivity index (χ1n) is 4.12. The first-order chi connectivity index (χ1) is 6.86. The van der Waals surface area contributed by atoms with Gasteiger partial charge >= 0.3 is 6.18 Å². The zero-order chi connectivity index (χ0) is 11.6. The van der Waals surface area contributed by atoms with Crippen LogP contribution in [0.4, 0.5) is 18.9 Å². The maximum atomic E-state index is 12.4.